The number of carbonyl (C=O) groups is 2. The second-order valence-corrected chi connectivity index (χ2v) is 5.77. The summed E-state index contributed by atoms with van der Waals surface area (Å²) in [7, 11) is 1.38. The lowest BCUT2D eigenvalue weighted by molar-refractivity contribution is -0.116. The van der Waals surface area contributed by atoms with E-state index in [0.29, 0.717) is 31.1 Å². The molecule has 0 atom stereocenters. The zero-order chi connectivity index (χ0) is 14.5. The van der Waals surface area contributed by atoms with Gasteiger partial charge in [0.15, 0.2) is 5.13 Å². The van der Waals surface area contributed by atoms with Gasteiger partial charge in [0.25, 0.3) is 0 Å². The van der Waals surface area contributed by atoms with Crippen molar-refractivity contribution in [1.29, 1.82) is 0 Å². The summed E-state index contributed by atoms with van der Waals surface area (Å²) >= 11 is 1.44. The Labute approximate surface area is 122 Å². The van der Waals surface area contributed by atoms with Crippen molar-refractivity contribution in [1.82, 2.24) is 9.88 Å². The standard InChI is InChI=1S/C13H19N3O3S/c1-3-4-5-11(17)15-12-14-9-6-7-16(13(18)19-2)8-10(9)20-12/h3-8H2,1-2H3,(H,14,15,17). The Morgan fingerprint density at radius 2 is 2.30 bits per heavy atom. The molecule has 1 aromatic rings. The van der Waals surface area contributed by atoms with Crippen LogP contribution in [0.4, 0.5) is 9.93 Å². The second-order valence-electron chi connectivity index (χ2n) is 4.68. The molecule has 0 bridgehead atoms. The van der Waals surface area contributed by atoms with E-state index in [4.69, 9.17) is 4.74 Å². The van der Waals surface area contributed by atoms with Gasteiger partial charge in [-0.05, 0) is 6.42 Å². The predicted octanol–water partition coefficient (Wildman–Crippen LogP) is 2.40. The van der Waals surface area contributed by atoms with Gasteiger partial charge in [0.1, 0.15) is 0 Å². The van der Waals surface area contributed by atoms with E-state index in [9.17, 15) is 9.59 Å². The van der Waals surface area contributed by atoms with Gasteiger partial charge in [0, 0.05) is 24.3 Å². The summed E-state index contributed by atoms with van der Waals surface area (Å²) in [5.74, 6) is 0.00257. The number of anilines is 1. The first-order valence-corrected chi connectivity index (χ1v) is 7.57. The lowest BCUT2D eigenvalue weighted by atomic mass is 10.2. The normalized spacial score (nSPS) is 13.8. The van der Waals surface area contributed by atoms with E-state index in [2.05, 4.69) is 17.2 Å². The molecule has 0 spiro atoms. The van der Waals surface area contributed by atoms with E-state index in [-0.39, 0.29) is 12.0 Å². The summed E-state index contributed by atoms with van der Waals surface area (Å²) in [6.07, 6.45) is 2.78. The van der Waals surface area contributed by atoms with Crippen molar-refractivity contribution in [2.45, 2.75) is 39.2 Å². The van der Waals surface area contributed by atoms with Crippen LogP contribution in [-0.4, -0.2) is 35.5 Å². The summed E-state index contributed by atoms with van der Waals surface area (Å²) in [5, 5.41) is 3.45. The topological polar surface area (TPSA) is 71.5 Å². The van der Waals surface area contributed by atoms with Crippen LogP contribution in [0.25, 0.3) is 0 Å². The highest BCUT2D eigenvalue weighted by molar-refractivity contribution is 7.15. The molecule has 20 heavy (non-hydrogen) atoms. The quantitative estimate of drug-likeness (QED) is 0.926. The zero-order valence-corrected chi connectivity index (χ0v) is 12.6. The maximum Gasteiger partial charge on any atom is 0.409 e. The van der Waals surface area contributed by atoms with Crippen molar-refractivity contribution < 1.29 is 14.3 Å². The largest absolute Gasteiger partial charge is 0.453 e. The second kappa shape index (κ2) is 6.69. The highest BCUT2D eigenvalue weighted by Crippen LogP contribution is 2.28. The molecule has 0 radical (unpaired) electrons. The van der Waals surface area contributed by atoms with Crippen LogP contribution < -0.4 is 5.32 Å². The smallest absolute Gasteiger partial charge is 0.409 e. The Balaban J connectivity index is 1.98. The molecule has 2 heterocycles. The van der Waals surface area contributed by atoms with Gasteiger partial charge in [-0.3, -0.25) is 4.79 Å². The van der Waals surface area contributed by atoms with Gasteiger partial charge in [0.05, 0.1) is 19.3 Å². The molecule has 110 valence electrons. The number of nitrogens with zero attached hydrogens (tertiary/aromatic N) is 2. The molecule has 2 rings (SSSR count). The molecule has 1 aromatic heterocycles. The number of fused-ring (bicyclic) bond motifs is 1. The molecule has 0 fully saturated rings. The number of thiazole rings is 1. The molecule has 0 saturated carbocycles. The van der Waals surface area contributed by atoms with E-state index >= 15 is 0 Å². The van der Waals surface area contributed by atoms with Crippen molar-refractivity contribution in [3.63, 3.8) is 0 Å². The zero-order valence-electron chi connectivity index (χ0n) is 11.8. The minimum Gasteiger partial charge on any atom is -0.453 e. The van der Waals surface area contributed by atoms with Crippen molar-refractivity contribution in [2.75, 3.05) is 19.0 Å². The van der Waals surface area contributed by atoms with E-state index in [1.54, 1.807) is 4.90 Å². The average molecular weight is 297 g/mol. The first-order valence-electron chi connectivity index (χ1n) is 6.75. The Kier molecular flexibility index (Phi) is 4.94. The number of ether oxygens (including phenoxy) is 1. The van der Waals surface area contributed by atoms with Crippen LogP contribution in [0.15, 0.2) is 0 Å². The summed E-state index contributed by atoms with van der Waals surface area (Å²) in [4.78, 5) is 30.3. The summed E-state index contributed by atoms with van der Waals surface area (Å²) in [6.45, 7) is 3.16. The first-order chi connectivity index (χ1) is 9.63. The van der Waals surface area contributed by atoms with Crippen LogP contribution in [0, 0.1) is 0 Å². The van der Waals surface area contributed by atoms with Gasteiger partial charge in [-0.15, -0.1) is 0 Å². The van der Waals surface area contributed by atoms with E-state index in [1.807, 2.05) is 0 Å². The molecule has 6 nitrogen and oxygen atoms in total. The number of methoxy groups -OCH3 is 1. The molecule has 0 saturated heterocycles. The number of nitrogens with one attached hydrogen (secondary N) is 1. The van der Waals surface area contributed by atoms with Crippen LogP contribution in [0.5, 0.6) is 0 Å². The third-order valence-corrected chi connectivity index (χ3v) is 4.17. The summed E-state index contributed by atoms with van der Waals surface area (Å²) in [5.41, 5.74) is 0.973. The Morgan fingerprint density at radius 1 is 1.50 bits per heavy atom. The predicted molar refractivity (Wildman–Crippen MR) is 76.8 cm³/mol. The van der Waals surface area contributed by atoms with E-state index in [0.717, 1.165) is 23.4 Å². The van der Waals surface area contributed by atoms with E-state index < -0.39 is 0 Å². The maximum atomic E-state index is 11.7. The lowest BCUT2D eigenvalue weighted by Crippen LogP contribution is -2.35. The van der Waals surface area contributed by atoms with Gasteiger partial charge in [-0.2, -0.15) is 0 Å². The molecular formula is C13H19N3O3S. The van der Waals surface area contributed by atoms with Gasteiger partial charge < -0.3 is 15.0 Å². The molecule has 0 unspecified atom stereocenters. The van der Waals surface area contributed by atoms with Crippen molar-refractivity contribution in [3.05, 3.63) is 10.6 Å². The fourth-order valence-electron chi connectivity index (χ4n) is 2.05. The Morgan fingerprint density at radius 3 is 3.00 bits per heavy atom. The molecule has 0 aliphatic carbocycles. The van der Waals surface area contributed by atoms with Gasteiger partial charge in [-0.1, -0.05) is 24.7 Å². The van der Waals surface area contributed by atoms with E-state index in [1.165, 1.54) is 18.4 Å². The van der Waals surface area contributed by atoms with Crippen molar-refractivity contribution in [2.24, 2.45) is 0 Å². The minimum atomic E-state index is -0.322. The van der Waals surface area contributed by atoms with Crippen LogP contribution in [-0.2, 0) is 22.5 Å². The third-order valence-electron chi connectivity index (χ3n) is 3.17. The van der Waals surface area contributed by atoms with Crippen molar-refractivity contribution in [3.8, 4) is 0 Å². The number of hydrogen-bond acceptors (Lipinski definition) is 5. The number of hydrogen-bond donors (Lipinski definition) is 1. The number of aromatic nitrogens is 1. The number of amides is 2. The number of rotatable bonds is 4. The average Bonchev–Trinajstić information content (AvgIpc) is 2.85. The van der Waals surface area contributed by atoms with Crippen LogP contribution in [0.2, 0.25) is 0 Å². The molecule has 7 heteroatoms. The highest BCUT2D eigenvalue weighted by atomic mass is 32.1. The number of carbonyl (C=O) groups excluding carboxylic acids is 2. The third kappa shape index (κ3) is 3.47. The minimum absolute atomic E-state index is 0.00257. The van der Waals surface area contributed by atoms with Gasteiger partial charge in [-0.25, -0.2) is 9.78 Å². The van der Waals surface area contributed by atoms with Crippen LogP contribution in [0.1, 0.15) is 36.8 Å². The molecular weight excluding hydrogens is 278 g/mol. The summed E-state index contributed by atoms with van der Waals surface area (Å²) in [6, 6.07) is 0. The van der Waals surface area contributed by atoms with Crippen LogP contribution >= 0.6 is 11.3 Å². The molecule has 2 amide bonds. The van der Waals surface area contributed by atoms with Gasteiger partial charge in [0.2, 0.25) is 5.91 Å². The van der Waals surface area contributed by atoms with Gasteiger partial charge >= 0.3 is 6.09 Å². The number of unbranched alkanes of at least 4 members (excludes halogenated alkanes) is 1. The van der Waals surface area contributed by atoms with Crippen molar-refractivity contribution >= 4 is 28.5 Å². The van der Waals surface area contributed by atoms with Crippen LogP contribution in [0.3, 0.4) is 0 Å². The fourth-order valence-corrected chi connectivity index (χ4v) is 3.09. The maximum absolute atomic E-state index is 11.7. The SMILES string of the molecule is CCCCC(=O)Nc1nc2c(s1)CN(C(=O)OC)CC2. The Bertz CT molecular complexity index is 501. The molecule has 1 N–H and O–H groups in total. The molecule has 0 aromatic carbocycles. The highest BCUT2D eigenvalue weighted by Gasteiger charge is 2.24. The lowest BCUT2D eigenvalue weighted by Gasteiger charge is -2.24. The first kappa shape index (κ1) is 14.8. The Hall–Kier alpha value is -1.63. The summed E-state index contributed by atoms with van der Waals surface area (Å²) < 4.78 is 4.72. The fraction of sp³-hybridized carbons (Fsp3) is 0.615. The monoisotopic (exact) mass is 297 g/mol. The molecule has 1 aliphatic heterocycles. The molecule has 1 aliphatic rings.